The zero-order chi connectivity index (χ0) is 37.7. The lowest BCUT2D eigenvalue weighted by Gasteiger charge is -2.28. The van der Waals surface area contributed by atoms with E-state index in [2.05, 4.69) is 20.7 Å². The molecule has 2 fully saturated rings. The molecule has 280 valence electrons. The van der Waals surface area contributed by atoms with Crippen LogP contribution in [0.1, 0.15) is 99.6 Å². The van der Waals surface area contributed by atoms with Gasteiger partial charge in [0.15, 0.2) is 11.9 Å². The van der Waals surface area contributed by atoms with Gasteiger partial charge in [0.1, 0.15) is 48.4 Å². The third kappa shape index (κ3) is 9.34. The van der Waals surface area contributed by atoms with Gasteiger partial charge < -0.3 is 34.7 Å². The van der Waals surface area contributed by atoms with Crippen LogP contribution in [0.2, 0.25) is 0 Å². The van der Waals surface area contributed by atoms with Gasteiger partial charge in [-0.05, 0) is 63.5 Å². The number of esters is 2. The first-order valence-electron chi connectivity index (χ1n) is 17.7. The first-order chi connectivity index (χ1) is 24.0. The molecule has 6 atom stereocenters. The van der Waals surface area contributed by atoms with E-state index in [0.717, 1.165) is 32.1 Å². The van der Waals surface area contributed by atoms with E-state index in [1.54, 1.807) is 47.6 Å². The molecule has 0 radical (unpaired) electrons. The number of ether oxygens (including phenoxy) is 4. The lowest BCUT2D eigenvalue weighted by molar-refractivity contribution is -0.163. The van der Waals surface area contributed by atoms with Crippen LogP contribution in [0.3, 0.4) is 0 Å². The van der Waals surface area contributed by atoms with E-state index in [9.17, 15) is 29.5 Å². The lowest BCUT2D eigenvalue weighted by atomic mass is 9.87. The van der Waals surface area contributed by atoms with Crippen LogP contribution in [0.15, 0.2) is 18.5 Å². The maximum Gasteiger partial charge on any atom is 0.408 e. The van der Waals surface area contributed by atoms with Crippen LogP contribution in [0.4, 0.5) is 10.6 Å². The molecule has 1 aliphatic carbocycles. The lowest BCUT2D eigenvalue weighted by Crippen LogP contribution is -2.50. The van der Waals surface area contributed by atoms with Gasteiger partial charge in [-0.25, -0.2) is 19.1 Å². The SMILES string of the molecule is CC(C)[C@H](C)C(=O)Nc1ncnn2c([C@]3(C#N)O[C@H](COC(=O)CC4CCCCC4)[C@@H](OC(=O)[C@@H](NC(=O)OC(C)(C)C)C(C)C)[C@H]3O)ccc12. The summed E-state index contributed by atoms with van der Waals surface area (Å²) >= 11 is 0. The van der Waals surface area contributed by atoms with Gasteiger partial charge >= 0.3 is 18.0 Å². The van der Waals surface area contributed by atoms with Crippen molar-refractivity contribution in [3.8, 4) is 6.07 Å². The molecular formula is C36H52N6O9. The van der Waals surface area contributed by atoms with Crippen LogP contribution in [0, 0.1) is 35.0 Å². The number of aliphatic hydroxyl groups excluding tert-OH is 1. The number of anilines is 1. The van der Waals surface area contributed by atoms with Crippen molar-refractivity contribution in [3.63, 3.8) is 0 Å². The monoisotopic (exact) mass is 712 g/mol. The van der Waals surface area contributed by atoms with Gasteiger partial charge in [-0.15, -0.1) is 0 Å². The highest BCUT2D eigenvalue weighted by molar-refractivity contribution is 5.95. The van der Waals surface area contributed by atoms with E-state index < -0.39 is 66.1 Å². The minimum atomic E-state index is -2.18. The summed E-state index contributed by atoms with van der Waals surface area (Å²) in [5.74, 6) is -1.99. The van der Waals surface area contributed by atoms with E-state index in [4.69, 9.17) is 18.9 Å². The van der Waals surface area contributed by atoms with Crippen LogP contribution in [-0.4, -0.2) is 80.2 Å². The highest BCUT2D eigenvalue weighted by atomic mass is 16.6. The molecule has 2 amide bonds. The van der Waals surface area contributed by atoms with E-state index in [-0.39, 0.29) is 41.6 Å². The minimum absolute atomic E-state index is 0.0617. The number of nitrogens with one attached hydrogen (secondary N) is 2. The molecule has 0 aromatic carbocycles. The Balaban J connectivity index is 1.65. The molecule has 2 aromatic rings. The number of nitrogens with zero attached hydrogens (tertiary/aromatic N) is 4. The number of aliphatic hydroxyl groups is 1. The number of carbonyl (C=O) groups is 4. The van der Waals surface area contributed by atoms with Gasteiger partial charge in [-0.1, -0.05) is 53.9 Å². The molecule has 2 aromatic heterocycles. The number of alkyl carbamates (subject to hydrolysis) is 1. The molecule has 2 aliphatic rings. The fraction of sp³-hybridized carbons (Fsp3) is 0.694. The summed E-state index contributed by atoms with van der Waals surface area (Å²) in [4.78, 5) is 56.3. The summed E-state index contributed by atoms with van der Waals surface area (Å²) in [6.45, 7) is 13.7. The van der Waals surface area contributed by atoms with Gasteiger partial charge in [0, 0.05) is 12.3 Å². The Morgan fingerprint density at radius 1 is 1.10 bits per heavy atom. The molecule has 1 aliphatic heterocycles. The first-order valence-corrected chi connectivity index (χ1v) is 17.7. The molecule has 3 N–H and O–H groups in total. The van der Waals surface area contributed by atoms with Crippen molar-refractivity contribution in [2.45, 2.75) is 129 Å². The second-order valence-corrected chi connectivity index (χ2v) is 15.3. The van der Waals surface area contributed by atoms with Gasteiger partial charge in [0.2, 0.25) is 11.5 Å². The first kappa shape index (κ1) is 39.5. The smallest absolute Gasteiger partial charge is 0.408 e. The van der Waals surface area contributed by atoms with Crippen molar-refractivity contribution in [2.75, 3.05) is 11.9 Å². The number of amides is 2. The van der Waals surface area contributed by atoms with Crippen molar-refractivity contribution in [1.29, 1.82) is 5.26 Å². The normalized spacial score (nSPS) is 23.8. The van der Waals surface area contributed by atoms with Crippen LogP contribution in [0.25, 0.3) is 5.52 Å². The van der Waals surface area contributed by atoms with Crippen LogP contribution in [0.5, 0.6) is 0 Å². The Hall–Kier alpha value is -4.29. The predicted molar refractivity (Wildman–Crippen MR) is 184 cm³/mol. The number of carbonyl (C=O) groups excluding carboxylic acids is 4. The maximum atomic E-state index is 13.7. The van der Waals surface area contributed by atoms with E-state index in [0.29, 0.717) is 5.52 Å². The van der Waals surface area contributed by atoms with Gasteiger partial charge in [-0.3, -0.25) is 9.59 Å². The Labute approximate surface area is 298 Å². The number of aromatic nitrogens is 3. The molecule has 0 unspecified atom stereocenters. The molecular weight excluding hydrogens is 660 g/mol. The zero-order valence-electron chi connectivity index (χ0n) is 30.8. The molecule has 51 heavy (non-hydrogen) atoms. The number of hydrogen-bond acceptors (Lipinski definition) is 12. The minimum Gasteiger partial charge on any atom is -0.463 e. The Morgan fingerprint density at radius 3 is 2.39 bits per heavy atom. The van der Waals surface area contributed by atoms with E-state index >= 15 is 0 Å². The van der Waals surface area contributed by atoms with Crippen molar-refractivity contribution >= 4 is 35.3 Å². The summed E-state index contributed by atoms with van der Waals surface area (Å²) < 4.78 is 24.4. The summed E-state index contributed by atoms with van der Waals surface area (Å²) in [5, 5.41) is 32.2. The zero-order valence-corrected chi connectivity index (χ0v) is 30.8. The summed E-state index contributed by atoms with van der Waals surface area (Å²) in [5.41, 5.74) is -2.63. The molecule has 15 nitrogen and oxygen atoms in total. The van der Waals surface area contributed by atoms with Gasteiger partial charge in [0.05, 0.1) is 5.69 Å². The Bertz CT molecular complexity index is 1610. The second kappa shape index (κ2) is 16.4. The molecule has 0 bridgehead atoms. The second-order valence-electron chi connectivity index (χ2n) is 15.3. The summed E-state index contributed by atoms with van der Waals surface area (Å²) in [6.07, 6.45) is 1.02. The topological polar surface area (TPSA) is 203 Å². The molecule has 1 saturated heterocycles. The van der Waals surface area contributed by atoms with Crippen molar-refractivity contribution in [1.82, 2.24) is 19.9 Å². The van der Waals surface area contributed by atoms with Crippen molar-refractivity contribution in [3.05, 3.63) is 24.2 Å². The van der Waals surface area contributed by atoms with Crippen molar-refractivity contribution < 1.29 is 43.2 Å². The average molecular weight is 713 g/mol. The van der Waals surface area contributed by atoms with E-state index in [1.807, 2.05) is 19.9 Å². The highest BCUT2D eigenvalue weighted by Crippen LogP contribution is 2.42. The Morgan fingerprint density at radius 2 is 1.78 bits per heavy atom. The van der Waals surface area contributed by atoms with Gasteiger partial charge in [-0.2, -0.15) is 10.4 Å². The Kier molecular flexibility index (Phi) is 12.7. The summed E-state index contributed by atoms with van der Waals surface area (Å²) in [7, 11) is 0. The number of nitriles is 1. The third-order valence-electron chi connectivity index (χ3n) is 9.52. The van der Waals surface area contributed by atoms with Crippen LogP contribution >= 0.6 is 0 Å². The number of hydrogen-bond donors (Lipinski definition) is 3. The van der Waals surface area contributed by atoms with Crippen LogP contribution < -0.4 is 10.6 Å². The molecule has 0 spiro atoms. The highest BCUT2D eigenvalue weighted by Gasteiger charge is 2.60. The van der Waals surface area contributed by atoms with Crippen LogP contribution in [-0.2, 0) is 38.9 Å². The van der Waals surface area contributed by atoms with Gasteiger partial charge in [0.25, 0.3) is 0 Å². The standard InChI is InChI=1S/C36H52N6O9/c1-20(2)22(5)32(45)41-31-24-14-15-26(42(24)39-19-38-31)36(18-37)30(44)29(25(50-36)17-48-27(43)16-23-12-10-9-11-13-23)49-33(46)28(21(3)4)40-34(47)51-35(6,7)8/h14-15,19-23,25,28-30,44H,9-13,16-17H2,1-8H3,(H,40,47)(H,38,39,41,45)/t22-,25+,28-,29+,30+,36-/m0/s1. The third-order valence-corrected chi connectivity index (χ3v) is 9.52. The van der Waals surface area contributed by atoms with Crippen molar-refractivity contribution in [2.24, 2.45) is 23.7 Å². The predicted octanol–water partition coefficient (Wildman–Crippen LogP) is 4.41. The average Bonchev–Trinajstić information content (AvgIpc) is 3.61. The molecule has 15 heteroatoms. The number of fused-ring (bicyclic) bond motifs is 1. The maximum absolute atomic E-state index is 13.7. The summed E-state index contributed by atoms with van der Waals surface area (Å²) in [6, 6.07) is 3.92. The quantitative estimate of drug-likeness (QED) is 0.207. The van der Waals surface area contributed by atoms with E-state index in [1.165, 1.54) is 16.9 Å². The fourth-order valence-electron chi connectivity index (χ4n) is 6.29. The largest absolute Gasteiger partial charge is 0.463 e. The molecule has 4 rings (SSSR count). The molecule has 1 saturated carbocycles. The molecule has 3 heterocycles. The fourth-order valence-corrected chi connectivity index (χ4v) is 6.29. The number of rotatable bonds is 12.